The molecule has 0 spiro atoms. The molecule has 7 nitrogen and oxygen atoms in total. The third-order valence-electron chi connectivity index (χ3n) is 7.43. The lowest BCUT2D eigenvalue weighted by molar-refractivity contribution is -0.118. The Hall–Kier alpha value is -3.61. The molecule has 37 heavy (non-hydrogen) atoms. The summed E-state index contributed by atoms with van der Waals surface area (Å²) in [6.07, 6.45) is 3.11. The second kappa shape index (κ2) is 11.2. The molecule has 1 aliphatic rings. The summed E-state index contributed by atoms with van der Waals surface area (Å²) >= 11 is 0. The summed E-state index contributed by atoms with van der Waals surface area (Å²) < 4.78 is 10.8. The number of benzene rings is 2. The highest BCUT2D eigenvalue weighted by Gasteiger charge is 2.37. The molecule has 1 unspecified atom stereocenters. The van der Waals surface area contributed by atoms with Crippen molar-refractivity contribution in [1.29, 1.82) is 0 Å². The molecule has 1 aliphatic heterocycles. The predicted octanol–water partition coefficient (Wildman–Crippen LogP) is 5.35. The zero-order chi connectivity index (χ0) is 27.4. The van der Waals surface area contributed by atoms with Gasteiger partial charge < -0.3 is 20.1 Å². The van der Waals surface area contributed by atoms with Gasteiger partial charge in [-0.25, -0.2) is 0 Å². The third-order valence-corrected chi connectivity index (χ3v) is 7.43. The third kappa shape index (κ3) is 6.21. The Labute approximate surface area is 219 Å². The zero-order valence-corrected chi connectivity index (χ0v) is 22.9. The molecular formula is C30H38N2O5. The molecule has 0 aliphatic carbocycles. The van der Waals surface area contributed by atoms with E-state index in [9.17, 15) is 14.4 Å². The summed E-state index contributed by atoms with van der Waals surface area (Å²) in [5.74, 6) is -0.399. The number of ether oxygens (including phenoxy) is 2. The number of methoxy groups -OCH3 is 1. The van der Waals surface area contributed by atoms with Crippen LogP contribution in [0, 0.1) is 0 Å². The van der Waals surface area contributed by atoms with Crippen LogP contribution in [0.5, 0.6) is 5.75 Å². The van der Waals surface area contributed by atoms with Crippen LogP contribution in [0.25, 0.3) is 0 Å². The van der Waals surface area contributed by atoms with Gasteiger partial charge in [-0.1, -0.05) is 65.8 Å². The van der Waals surface area contributed by atoms with Crippen molar-refractivity contribution in [2.45, 2.75) is 71.3 Å². The summed E-state index contributed by atoms with van der Waals surface area (Å²) in [5, 5.41) is 5.48. The number of rotatable bonds is 10. The van der Waals surface area contributed by atoms with Gasteiger partial charge in [0, 0.05) is 11.3 Å². The van der Waals surface area contributed by atoms with Crippen LogP contribution in [0.3, 0.4) is 0 Å². The van der Waals surface area contributed by atoms with Crippen molar-refractivity contribution in [1.82, 2.24) is 5.32 Å². The van der Waals surface area contributed by atoms with Gasteiger partial charge in [-0.05, 0) is 53.0 Å². The summed E-state index contributed by atoms with van der Waals surface area (Å²) in [4.78, 5) is 37.2. The molecule has 2 aromatic rings. The molecular weight excluding hydrogens is 468 g/mol. The first kappa shape index (κ1) is 28.0. The minimum atomic E-state index is -0.775. The van der Waals surface area contributed by atoms with Crippen molar-refractivity contribution in [3.05, 3.63) is 71.0 Å². The van der Waals surface area contributed by atoms with E-state index in [2.05, 4.69) is 64.3 Å². The lowest BCUT2D eigenvalue weighted by Gasteiger charge is -2.30. The number of hydrogen-bond donors (Lipinski definition) is 2. The van der Waals surface area contributed by atoms with Crippen LogP contribution in [0.2, 0.25) is 0 Å². The van der Waals surface area contributed by atoms with E-state index in [-0.39, 0.29) is 34.7 Å². The van der Waals surface area contributed by atoms with E-state index >= 15 is 0 Å². The Kier molecular flexibility index (Phi) is 8.46. The minimum Gasteiger partial charge on any atom is -0.503 e. The van der Waals surface area contributed by atoms with Crippen molar-refractivity contribution in [3.63, 3.8) is 0 Å². The van der Waals surface area contributed by atoms with Gasteiger partial charge in [0.05, 0.1) is 13.4 Å². The molecule has 198 valence electrons. The SMILES string of the molecule is CCC(C)(C)c1ccc(OCC(=O)Nc2ccc(C3NC(=O)C(=COC)C3=O)cc2)c(C(C)(C)CC)c1. The predicted molar refractivity (Wildman–Crippen MR) is 145 cm³/mol. The average Bonchev–Trinajstić information content (AvgIpc) is 3.16. The van der Waals surface area contributed by atoms with Gasteiger partial charge >= 0.3 is 0 Å². The first-order chi connectivity index (χ1) is 17.4. The fourth-order valence-electron chi connectivity index (χ4n) is 4.11. The lowest BCUT2D eigenvalue weighted by Crippen LogP contribution is -2.24. The Morgan fingerprint density at radius 3 is 2.24 bits per heavy atom. The molecule has 7 heteroatoms. The first-order valence-corrected chi connectivity index (χ1v) is 12.7. The number of amides is 2. The molecule has 0 radical (unpaired) electrons. The molecule has 1 fully saturated rings. The Morgan fingerprint density at radius 2 is 1.65 bits per heavy atom. The van der Waals surface area contributed by atoms with Crippen LogP contribution >= 0.6 is 0 Å². The number of anilines is 1. The summed E-state index contributed by atoms with van der Waals surface area (Å²) in [7, 11) is 1.38. The first-order valence-electron chi connectivity index (χ1n) is 12.7. The van der Waals surface area contributed by atoms with Crippen molar-refractivity contribution in [2.24, 2.45) is 0 Å². The van der Waals surface area contributed by atoms with Crippen LogP contribution in [-0.2, 0) is 30.0 Å². The normalized spacial score (nSPS) is 17.1. The van der Waals surface area contributed by atoms with Crippen LogP contribution in [0.1, 0.15) is 77.1 Å². The maximum absolute atomic E-state index is 12.7. The zero-order valence-electron chi connectivity index (χ0n) is 22.9. The molecule has 1 heterocycles. The van der Waals surface area contributed by atoms with Gasteiger partial charge in [0.15, 0.2) is 12.4 Å². The second-order valence-corrected chi connectivity index (χ2v) is 10.7. The Bertz CT molecular complexity index is 1190. The van der Waals surface area contributed by atoms with Crippen molar-refractivity contribution >= 4 is 23.3 Å². The molecule has 1 saturated heterocycles. The van der Waals surface area contributed by atoms with E-state index in [1.807, 2.05) is 6.07 Å². The molecule has 0 bridgehead atoms. The monoisotopic (exact) mass is 506 g/mol. The Balaban J connectivity index is 1.68. The lowest BCUT2D eigenvalue weighted by atomic mass is 9.76. The number of carbonyl (C=O) groups is 3. The maximum Gasteiger partial charge on any atom is 0.262 e. The fraction of sp³-hybridized carbons (Fsp3) is 0.433. The second-order valence-electron chi connectivity index (χ2n) is 10.7. The van der Waals surface area contributed by atoms with Crippen LogP contribution in [-0.4, -0.2) is 31.3 Å². The fourth-order valence-corrected chi connectivity index (χ4v) is 4.11. The van der Waals surface area contributed by atoms with Gasteiger partial charge in [0.25, 0.3) is 11.8 Å². The highest BCUT2D eigenvalue weighted by atomic mass is 16.5. The topological polar surface area (TPSA) is 93.7 Å². The van der Waals surface area contributed by atoms with E-state index in [1.54, 1.807) is 24.3 Å². The number of carbonyl (C=O) groups excluding carboxylic acids is 3. The van der Waals surface area contributed by atoms with Crippen LogP contribution in [0.15, 0.2) is 54.3 Å². The highest BCUT2D eigenvalue weighted by molar-refractivity contribution is 6.26. The molecule has 3 rings (SSSR count). The van der Waals surface area contributed by atoms with Gasteiger partial charge in [-0.15, -0.1) is 0 Å². The molecule has 2 amide bonds. The molecule has 0 saturated carbocycles. The van der Waals surface area contributed by atoms with E-state index in [0.717, 1.165) is 24.7 Å². The molecule has 2 N–H and O–H groups in total. The van der Waals surface area contributed by atoms with E-state index in [0.29, 0.717) is 17.0 Å². The highest BCUT2D eigenvalue weighted by Crippen LogP contribution is 2.38. The van der Waals surface area contributed by atoms with Crippen molar-refractivity contribution in [2.75, 3.05) is 19.0 Å². The number of nitrogens with one attached hydrogen (secondary N) is 2. The maximum atomic E-state index is 12.7. The van der Waals surface area contributed by atoms with Crippen molar-refractivity contribution < 1.29 is 23.9 Å². The number of ketones is 1. The quantitative estimate of drug-likeness (QED) is 0.257. The van der Waals surface area contributed by atoms with Crippen LogP contribution in [0.4, 0.5) is 5.69 Å². The van der Waals surface area contributed by atoms with Gasteiger partial charge in [0.2, 0.25) is 0 Å². The minimum absolute atomic E-state index is 0.0149. The molecule has 1 atom stereocenters. The standard InChI is InChI=1S/C30H38N2O5/c1-8-29(3,4)20-12-15-24(23(16-20)30(5,6)9-2)37-18-25(33)31-21-13-10-19(11-14-21)26-27(34)22(17-36-7)28(35)32-26/h10-17,26H,8-9,18H2,1-7H3,(H,31,33)(H,32,35). The molecule has 2 aromatic carbocycles. The van der Waals surface area contributed by atoms with E-state index in [4.69, 9.17) is 9.47 Å². The summed E-state index contributed by atoms with van der Waals surface area (Å²) in [6, 6.07) is 12.3. The van der Waals surface area contributed by atoms with Gasteiger partial charge in [0.1, 0.15) is 17.4 Å². The smallest absolute Gasteiger partial charge is 0.262 e. The van der Waals surface area contributed by atoms with E-state index in [1.165, 1.54) is 12.7 Å². The van der Waals surface area contributed by atoms with E-state index < -0.39 is 11.9 Å². The average molecular weight is 507 g/mol. The molecule has 0 aromatic heterocycles. The number of Topliss-reactive ketones (excluding diaryl/α,β-unsaturated/α-hetero) is 1. The van der Waals surface area contributed by atoms with Crippen molar-refractivity contribution in [3.8, 4) is 5.75 Å². The Morgan fingerprint density at radius 1 is 1.00 bits per heavy atom. The van der Waals surface area contributed by atoms with Gasteiger partial charge in [-0.3, -0.25) is 14.4 Å². The van der Waals surface area contributed by atoms with Crippen LogP contribution < -0.4 is 15.4 Å². The largest absolute Gasteiger partial charge is 0.503 e. The summed E-state index contributed by atoms with van der Waals surface area (Å²) in [5.41, 5.74) is 3.46. The number of hydrogen-bond acceptors (Lipinski definition) is 5. The van der Waals surface area contributed by atoms with Gasteiger partial charge in [-0.2, -0.15) is 0 Å². The summed E-state index contributed by atoms with van der Waals surface area (Å²) in [6.45, 7) is 13.0.